The summed E-state index contributed by atoms with van der Waals surface area (Å²) in [6, 6.07) is 13.5. The normalized spacial score (nSPS) is 10.0. The predicted molar refractivity (Wildman–Crippen MR) is 87.5 cm³/mol. The number of hydrogen-bond acceptors (Lipinski definition) is 3. The van der Waals surface area contributed by atoms with Gasteiger partial charge in [0.15, 0.2) is 0 Å². The summed E-state index contributed by atoms with van der Waals surface area (Å²) in [6.45, 7) is 4.80. The maximum absolute atomic E-state index is 6.01. The minimum absolute atomic E-state index is 0.492. The summed E-state index contributed by atoms with van der Waals surface area (Å²) < 4.78 is 10.8. The molecule has 2 rings (SSSR count). The van der Waals surface area contributed by atoms with Crippen LogP contribution in [0.4, 0.5) is 5.69 Å². The Balaban J connectivity index is 2.07. The summed E-state index contributed by atoms with van der Waals surface area (Å²) in [7, 11) is 1.60. The molecule has 2 aromatic rings. The molecule has 0 saturated heterocycles. The van der Waals surface area contributed by atoms with E-state index in [4.69, 9.17) is 21.1 Å². The molecule has 0 spiro atoms. The lowest BCUT2D eigenvalue weighted by atomic mass is 10.2. The fourth-order valence-corrected chi connectivity index (χ4v) is 2.10. The highest BCUT2D eigenvalue weighted by molar-refractivity contribution is 6.32. The van der Waals surface area contributed by atoms with Crippen molar-refractivity contribution in [2.75, 3.05) is 19.0 Å². The van der Waals surface area contributed by atoms with E-state index in [2.05, 4.69) is 11.9 Å². The fraction of sp³-hybridized carbons (Fsp3) is 0.176. The van der Waals surface area contributed by atoms with Crippen molar-refractivity contribution in [1.29, 1.82) is 0 Å². The van der Waals surface area contributed by atoms with Gasteiger partial charge in [0.1, 0.15) is 18.1 Å². The van der Waals surface area contributed by atoms with Crippen LogP contribution in [0.3, 0.4) is 0 Å². The van der Waals surface area contributed by atoms with E-state index >= 15 is 0 Å². The first-order valence-corrected chi connectivity index (χ1v) is 7.01. The van der Waals surface area contributed by atoms with Gasteiger partial charge >= 0.3 is 0 Å². The second-order valence-corrected chi connectivity index (χ2v) is 4.82. The molecule has 0 unspecified atom stereocenters. The summed E-state index contributed by atoms with van der Waals surface area (Å²) in [5, 5.41) is 3.93. The molecule has 21 heavy (non-hydrogen) atoms. The minimum atomic E-state index is 0.492. The van der Waals surface area contributed by atoms with Crippen LogP contribution < -0.4 is 14.8 Å². The van der Waals surface area contributed by atoms with Crippen LogP contribution in [0, 0.1) is 0 Å². The molecule has 0 bridgehead atoms. The van der Waals surface area contributed by atoms with Gasteiger partial charge in [-0.15, -0.1) is 0 Å². The van der Waals surface area contributed by atoms with Crippen LogP contribution in [0.5, 0.6) is 11.5 Å². The molecule has 0 aliphatic carbocycles. The Morgan fingerprint density at radius 1 is 1.19 bits per heavy atom. The first kappa shape index (κ1) is 15.3. The van der Waals surface area contributed by atoms with E-state index < -0.39 is 0 Å². The van der Waals surface area contributed by atoms with Crippen molar-refractivity contribution < 1.29 is 9.47 Å². The highest BCUT2D eigenvalue weighted by Crippen LogP contribution is 2.28. The van der Waals surface area contributed by atoms with Crippen LogP contribution in [0.15, 0.2) is 55.1 Å². The summed E-state index contributed by atoms with van der Waals surface area (Å²) in [4.78, 5) is 0. The Morgan fingerprint density at radius 2 is 2.00 bits per heavy atom. The number of para-hydroxylation sites is 1. The van der Waals surface area contributed by atoms with Gasteiger partial charge in [0.25, 0.3) is 0 Å². The highest BCUT2D eigenvalue weighted by atomic mass is 35.5. The van der Waals surface area contributed by atoms with E-state index in [0.717, 1.165) is 17.0 Å². The van der Waals surface area contributed by atoms with Gasteiger partial charge in [-0.3, -0.25) is 0 Å². The van der Waals surface area contributed by atoms with E-state index in [1.54, 1.807) is 13.2 Å². The number of nitrogens with one attached hydrogen (secondary N) is 1. The Hall–Kier alpha value is -2.13. The molecule has 110 valence electrons. The SMILES string of the molecule is C=CCOc1ccccc1CNc1ccc(Cl)c(OC)c1. The molecule has 0 fully saturated rings. The summed E-state index contributed by atoms with van der Waals surface area (Å²) in [6.07, 6.45) is 1.73. The van der Waals surface area contributed by atoms with Gasteiger partial charge in [-0.25, -0.2) is 0 Å². The third-order valence-electron chi connectivity index (χ3n) is 2.96. The first-order valence-electron chi connectivity index (χ1n) is 6.63. The topological polar surface area (TPSA) is 30.5 Å². The standard InChI is InChI=1S/C17H18ClNO2/c1-3-10-21-16-7-5-4-6-13(16)12-19-14-8-9-15(18)17(11-14)20-2/h3-9,11,19H,1,10,12H2,2H3. The zero-order valence-corrected chi connectivity index (χ0v) is 12.7. The zero-order valence-electron chi connectivity index (χ0n) is 11.9. The van der Waals surface area contributed by atoms with E-state index in [1.165, 1.54) is 0 Å². The van der Waals surface area contributed by atoms with Crippen LogP contribution in [0.2, 0.25) is 5.02 Å². The molecule has 0 heterocycles. The molecule has 0 atom stereocenters. The molecule has 0 aliphatic rings. The van der Waals surface area contributed by atoms with Crippen molar-refractivity contribution in [1.82, 2.24) is 0 Å². The number of benzene rings is 2. The number of ether oxygens (including phenoxy) is 2. The smallest absolute Gasteiger partial charge is 0.139 e. The molecule has 0 radical (unpaired) electrons. The average molecular weight is 304 g/mol. The van der Waals surface area contributed by atoms with E-state index in [1.807, 2.05) is 42.5 Å². The van der Waals surface area contributed by atoms with Gasteiger partial charge in [0.2, 0.25) is 0 Å². The van der Waals surface area contributed by atoms with Gasteiger partial charge in [-0.05, 0) is 18.2 Å². The van der Waals surface area contributed by atoms with Gasteiger partial charge in [0, 0.05) is 23.9 Å². The number of halogens is 1. The third-order valence-corrected chi connectivity index (χ3v) is 3.28. The van der Waals surface area contributed by atoms with Gasteiger partial charge in [-0.2, -0.15) is 0 Å². The van der Waals surface area contributed by atoms with Crippen molar-refractivity contribution in [3.63, 3.8) is 0 Å². The highest BCUT2D eigenvalue weighted by Gasteiger charge is 2.04. The van der Waals surface area contributed by atoms with Crippen LogP contribution in [-0.2, 0) is 6.54 Å². The molecule has 4 heteroatoms. The second kappa shape index (κ2) is 7.60. The molecular weight excluding hydrogens is 286 g/mol. The maximum atomic E-state index is 6.01. The average Bonchev–Trinajstić information content (AvgIpc) is 2.53. The summed E-state index contributed by atoms with van der Waals surface area (Å²) >= 11 is 6.01. The number of rotatable bonds is 7. The molecule has 0 aromatic heterocycles. The van der Waals surface area contributed by atoms with Crippen molar-refractivity contribution in [3.05, 3.63) is 65.7 Å². The third kappa shape index (κ3) is 4.17. The lowest BCUT2D eigenvalue weighted by Crippen LogP contribution is -2.03. The van der Waals surface area contributed by atoms with E-state index in [-0.39, 0.29) is 0 Å². The Bertz CT molecular complexity index is 613. The van der Waals surface area contributed by atoms with Crippen molar-refractivity contribution >= 4 is 17.3 Å². The fourth-order valence-electron chi connectivity index (χ4n) is 1.91. The van der Waals surface area contributed by atoms with Crippen molar-refractivity contribution in [2.45, 2.75) is 6.54 Å². The minimum Gasteiger partial charge on any atom is -0.495 e. The van der Waals surface area contributed by atoms with Gasteiger partial charge in [0.05, 0.1) is 12.1 Å². The van der Waals surface area contributed by atoms with Crippen LogP contribution in [-0.4, -0.2) is 13.7 Å². The monoisotopic (exact) mass is 303 g/mol. The number of anilines is 1. The van der Waals surface area contributed by atoms with Crippen LogP contribution in [0.25, 0.3) is 0 Å². The maximum Gasteiger partial charge on any atom is 0.139 e. The number of methoxy groups -OCH3 is 1. The molecule has 1 N–H and O–H groups in total. The quantitative estimate of drug-likeness (QED) is 0.763. The molecule has 2 aromatic carbocycles. The molecule has 0 aliphatic heterocycles. The second-order valence-electron chi connectivity index (χ2n) is 4.41. The molecular formula is C17H18ClNO2. The van der Waals surface area contributed by atoms with E-state index in [0.29, 0.717) is 23.9 Å². The summed E-state index contributed by atoms with van der Waals surface area (Å²) in [5.74, 6) is 1.50. The van der Waals surface area contributed by atoms with Crippen molar-refractivity contribution in [3.8, 4) is 11.5 Å². The van der Waals surface area contributed by atoms with Crippen LogP contribution >= 0.6 is 11.6 Å². The lowest BCUT2D eigenvalue weighted by Gasteiger charge is -2.12. The zero-order chi connectivity index (χ0) is 15.1. The number of hydrogen-bond donors (Lipinski definition) is 1. The predicted octanol–water partition coefficient (Wildman–Crippen LogP) is 4.53. The first-order chi connectivity index (χ1) is 10.2. The van der Waals surface area contributed by atoms with Gasteiger partial charge in [-0.1, -0.05) is 42.5 Å². The molecule has 3 nitrogen and oxygen atoms in total. The molecule has 0 amide bonds. The largest absolute Gasteiger partial charge is 0.495 e. The van der Waals surface area contributed by atoms with Gasteiger partial charge < -0.3 is 14.8 Å². The van der Waals surface area contributed by atoms with E-state index in [9.17, 15) is 0 Å². The lowest BCUT2D eigenvalue weighted by molar-refractivity contribution is 0.359. The van der Waals surface area contributed by atoms with Crippen LogP contribution in [0.1, 0.15) is 5.56 Å². The summed E-state index contributed by atoms with van der Waals surface area (Å²) in [5.41, 5.74) is 2.02. The van der Waals surface area contributed by atoms with Crippen molar-refractivity contribution in [2.24, 2.45) is 0 Å². The Morgan fingerprint density at radius 3 is 2.76 bits per heavy atom. The molecule has 0 saturated carbocycles. The Labute approximate surface area is 130 Å². The Kier molecular flexibility index (Phi) is 5.52.